The van der Waals surface area contributed by atoms with Gasteiger partial charge in [-0.1, -0.05) is 6.07 Å². The highest BCUT2D eigenvalue weighted by molar-refractivity contribution is 7.85. The van der Waals surface area contributed by atoms with Crippen LogP contribution < -0.4 is 0 Å². The van der Waals surface area contributed by atoms with E-state index in [0.717, 1.165) is 6.07 Å². The van der Waals surface area contributed by atoms with Gasteiger partial charge in [0.1, 0.15) is 23.5 Å². The van der Waals surface area contributed by atoms with E-state index in [-0.39, 0.29) is 5.56 Å². The SMILES string of the molecule is O=C(OCc1ccc(C(F)(F)F)c(F)c1)ON1CCN(CCS(=O)c2ccc3n[nH]nc3c2)CC1. The molecular formula is C21H21F4N5O4S. The maximum Gasteiger partial charge on any atom is 0.528 e. The van der Waals surface area contributed by atoms with Crippen LogP contribution in [0.3, 0.4) is 0 Å². The molecule has 0 aliphatic carbocycles. The number of fused-ring (bicyclic) bond motifs is 1. The molecule has 1 aromatic heterocycles. The van der Waals surface area contributed by atoms with E-state index < -0.39 is 41.1 Å². The number of nitrogens with one attached hydrogen (secondary N) is 1. The summed E-state index contributed by atoms with van der Waals surface area (Å²) in [7, 11) is -1.20. The summed E-state index contributed by atoms with van der Waals surface area (Å²) in [4.78, 5) is 19.7. The minimum absolute atomic E-state index is 0.0629. The van der Waals surface area contributed by atoms with Crippen molar-refractivity contribution in [3.05, 3.63) is 53.3 Å². The van der Waals surface area contributed by atoms with Crippen LogP contribution in [-0.4, -0.2) is 74.2 Å². The summed E-state index contributed by atoms with van der Waals surface area (Å²) < 4.78 is 68.9. The van der Waals surface area contributed by atoms with Crippen LogP contribution in [0.15, 0.2) is 41.3 Å². The first-order valence-electron chi connectivity index (χ1n) is 10.6. The zero-order chi connectivity index (χ0) is 25.0. The Hall–Kier alpha value is -3.10. The van der Waals surface area contributed by atoms with Gasteiger partial charge < -0.3 is 9.57 Å². The highest BCUT2D eigenvalue weighted by Gasteiger charge is 2.34. The highest BCUT2D eigenvalue weighted by atomic mass is 32.2. The number of hydroxylamine groups is 2. The molecule has 0 amide bonds. The largest absolute Gasteiger partial charge is 0.528 e. The zero-order valence-electron chi connectivity index (χ0n) is 18.3. The van der Waals surface area contributed by atoms with Gasteiger partial charge in [-0.15, -0.1) is 5.06 Å². The van der Waals surface area contributed by atoms with Crippen molar-refractivity contribution in [3.8, 4) is 0 Å². The van der Waals surface area contributed by atoms with Gasteiger partial charge in [-0.2, -0.15) is 28.6 Å². The van der Waals surface area contributed by atoms with Crippen molar-refractivity contribution in [2.24, 2.45) is 0 Å². The molecule has 0 radical (unpaired) electrons. The number of halogens is 4. The van der Waals surface area contributed by atoms with Gasteiger partial charge in [0, 0.05) is 43.4 Å². The number of aromatic amines is 1. The fourth-order valence-electron chi connectivity index (χ4n) is 3.49. The molecule has 0 saturated carbocycles. The van der Waals surface area contributed by atoms with Gasteiger partial charge in [-0.25, -0.2) is 9.18 Å². The van der Waals surface area contributed by atoms with Crippen LogP contribution in [0.25, 0.3) is 11.0 Å². The molecule has 188 valence electrons. The number of rotatable bonds is 7. The molecule has 1 N–H and O–H groups in total. The van der Waals surface area contributed by atoms with Crippen molar-refractivity contribution in [1.82, 2.24) is 25.4 Å². The summed E-state index contributed by atoms with van der Waals surface area (Å²) in [6.45, 7) is 2.07. The summed E-state index contributed by atoms with van der Waals surface area (Å²) in [6.07, 6.45) is -5.84. The third kappa shape index (κ3) is 6.52. The van der Waals surface area contributed by atoms with E-state index >= 15 is 0 Å². The molecule has 1 aliphatic rings. The average molecular weight is 515 g/mol. The Labute approximate surface area is 199 Å². The van der Waals surface area contributed by atoms with Gasteiger partial charge in [0.05, 0.1) is 16.4 Å². The average Bonchev–Trinajstić information content (AvgIpc) is 3.29. The van der Waals surface area contributed by atoms with Crippen LogP contribution in [0.2, 0.25) is 0 Å². The first-order chi connectivity index (χ1) is 16.7. The van der Waals surface area contributed by atoms with Gasteiger partial charge in [0.15, 0.2) is 0 Å². The van der Waals surface area contributed by atoms with E-state index in [1.54, 1.807) is 18.2 Å². The van der Waals surface area contributed by atoms with E-state index in [0.29, 0.717) is 66.5 Å². The normalized spacial score (nSPS) is 16.3. The van der Waals surface area contributed by atoms with E-state index in [1.807, 2.05) is 0 Å². The molecule has 1 unspecified atom stereocenters. The van der Waals surface area contributed by atoms with Crippen LogP contribution in [0.1, 0.15) is 11.1 Å². The van der Waals surface area contributed by atoms with Crippen molar-refractivity contribution in [1.29, 1.82) is 0 Å². The highest BCUT2D eigenvalue weighted by Crippen LogP contribution is 2.31. The zero-order valence-corrected chi connectivity index (χ0v) is 19.1. The number of hydrogen-bond donors (Lipinski definition) is 1. The Kier molecular flexibility index (Phi) is 7.62. The summed E-state index contributed by atoms with van der Waals surface area (Å²) in [6, 6.07) is 7.56. The molecule has 1 fully saturated rings. The van der Waals surface area contributed by atoms with Gasteiger partial charge in [0.25, 0.3) is 0 Å². The van der Waals surface area contributed by atoms with Crippen molar-refractivity contribution in [2.75, 3.05) is 38.5 Å². The molecule has 9 nitrogen and oxygen atoms in total. The molecule has 2 aromatic carbocycles. The minimum atomic E-state index is -4.80. The van der Waals surface area contributed by atoms with Crippen LogP contribution in [-0.2, 0) is 33.2 Å². The Morgan fingerprint density at radius 2 is 1.80 bits per heavy atom. The third-order valence-electron chi connectivity index (χ3n) is 5.37. The molecule has 3 aromatic rings. The molecule has 1 aliphatic heterocycles. The number of piperazine rings is 1. The van der Waals surface area contributed by atoms with Crippen molar-refractivity contribution < 1.29 is 36.1 Å². The second-order valence-corrected chi connectivity index (χ2v) is 9.31. The first kappa shape index (κ1) is 25.0. The lowest BCUT2D eigenvalue weighted by Gasteiger charge is -2.32. The van der Waals surface area contributed by atoms with E-state index in [9.17, 15) is 26.6 Å². The van der Waals surface area contributed by atoms with E-state index in [1.165, 1.54) is 5.06 Å². The molecule has 14 heteroatoms. The summed E-state index contributed by atoms with van der Waals surface area (Å²) >= 11 is 0. The standard InChI is InChI=1S/C21H21F4N5O4S/c22-17-11-14(1-3-16(17)21(23,24)25)13-33-20(31)34-30-7-5-29(6-8-30)9-10-35(32)15-2-4-18-19(12-15)27-28-26-18/h1-4,11-12H,5-10,13H2,(H,26,27,28). The van der Waals surface area contributed by atoms with Crippen LogP contribution in [0.5, 0.6) is 0 Å². The number of benzene rings is 2. The Morgan fingerprint density at radius 1 is 1.06 bits per heavy atom. The minimum Gasteiger partial charge on any atom is -0.428 e. The molecular weight excluding hydrogens is 494 g/mol. The van der Waals surface area contributed by atoms with Crippen LogP contribution in [0, 0.1) is 5.82 Å². The second-order valence-electron chi connectivity index (χ2n) is 7.74. The van der Waals surface area contributed by atoms with Crippen molar-refractivity contribution in [2.45, 2.75) is 17.7 Å². The monoisotopic (exact) mass is 515 g/mol. The van der Waals surface area contributed by atoms with Gasteiger partial charge in [-0.3, -0.25) is 9.11 Å². The lowest BCUT2D eigenvalue weighted by molar-refractivity contribution is -0.147. The fraction of sp³-hybridized carbons (Fsp3) is 0.381. The Bertz CT molecular complexity index is 1210. The number of carbonyl (C=O) groups excluding carboxylic acids is 1. The predicted molar refractivity (Wildman–Crippen MR) is 116 cm³/mol. The lowest BCUT2D eigenvalue weighted by atomic mass is 10.1. The van der Waals surface area contributed by atoms with Crippen molar-refractivity contribution >= 4 is 28.0 Å². The fourth-order valence-corrected chi connectivity index (χ4v) is 4.61. The predicted octanol–water partition coefficient (Wildman–Crippen LogP) is 3.11. The van der Waals surface area contributed by atoms with Crippen molar-refractivity contribution in [3.63, 3.8) is 0 Å². The van der Waals surface area contributed by atoms with Gasteiger partial charge in [0.2, 0.25) is 0 Å². The number of aromatic nitrogens is 3. The Balaban J connectivity index is 1.17. The van der Waals surface area contributed by atoms with Gasteiger partial charge >= 0.3 is 12.3 Å². The number of nitrogens with zero attached hydrogens (tertiary/aromatic N) is 4. The molecule has 0 spiro atoms. The Morgan fingerprint density at radius 3 is 2.51 bits per heavy atom. The summed E-state index contributed by atoms with van der Waals surface area (Å²) in [5.74, 6) is -1.02. The number of carbonyl (C=O) groups is 1. The lowest BCUT2D eigenvalue weighted by Crippen LogP contribution is -2.47. The summed E-state index contributed by atoms with van der Waals surface area (Å²) in [5, 5.41) is 11.9. The van der Waals surface area contributed by atoms with E-state index in [2.05, 4.69) is 20.3 Å². The van der Waals surface area contributed by atoms with Crippen LogP contribution in [0.4, 0.5) is 22.4 Å². The molecule has 1 atom stereocenters. The summed E-state index contributed by atoms with van der Waals surface area (Å²) in [5.41, 5.74) is 0.0263. The quantitative estimate of drug-likeness (QED) is 0.379. The maximum atomic E-state index is 13.6. The first-order valence-corrected chi connectivity index (χ1v) is 11.9. The smallest absolute Gasteiger partial charge is 0.428 e. The number of ether oxygens (including phenoxy) is 1. The second kappa shape index (κ2) is 10.7. The maximum absolute atomic E-state index is 13.6. The molecule has 2 heterocycles. The number of hydrogen-bond acceptors (Lipinski definition) is 8. The van der Waals surface area contributed by atoms with E-state index in [4.69, 9.17) is 9.57 Å². The number of alkyl halides is 3. The molecule has 4 rings (SSSR count). The third-order valence-corrected chi connectivity index (χ3v) is 6.71. The molecule has 0 bridgehead atoms. The number of H-pyrrole nitrogens is 1. The molecule has 35 heavy (non-hydrogen) atoms. The molecule has 1 saturated heterocycles. The van der Waals surface area contributed by atoms with Gasteiger partial charge in [-0.05, 0) is 35.9 Å². The van der Waals surface area contributed by atoms with Crippen LogP contribution >= 0.6 is 0 Å². The topological polar surface area (TPSA) is 101 Å².